The number of nitrogens with zero attached hydrogens (tertiary/aromatic N) is 1. The van der Waals surface area contributed by atoms with Crippen molar-refractivity contribution in [1.82, 2.24) is 18.5 Å². The molecular weight excluding hydrogens is 338 g/mol. The number of nitrogens with two attached hydrogens (primary N) is 1. The Morgan fingerprint density at radius 2 is 1.89 bits per heavy atom. The van der Waals surface area contributed by atoms with E-state index in [1.54, 1.807) is 13.1 Å². The van der Waals surface area contributed by atoms with E-state index in [4.69, 9.17) is 5.73 Å². The lowest BCUT2D eigenvalue weighted by Gasteiger charge is -1.92. The molecule has 0 saturated heterocycles. The summed E-state index contributed by atoms with van der Waals surface area (Å²) in [7, 11) is 0. The first-order valence-corrected chi connectivity index (χ1v) is 5.99. The first-order chi connectivity index (χ1) is 8.82. The minimum atomic E-state index is -0.552. The standard InChI is InChI=1S/C5H6N2OS.C4H4BrN3O2/c1-3-2-6-5(9)7-4(3)8;5-8-3(9)2(6)1-7-4(8)10/h2H,1H3,(H2,6,7,8,9);1H,6H2,(H,7,10). The Morgan fingerprint density at radius 1 is 1.26 bits per heavy atom. The van der Waals surface area contributed by atoms with Crippen LogP contribution < -0.4 is 22.5 Å². The molecule has 2 aromatic heterocycles. The number of H-pyrrole nitrogens is 3. The maximum Gasteiger partial charge on any atom is 0.338 e. The van der Waals surface area contributed by atoms with Crippen molar-refractivity contribution >= 4 is 34.1 Å². The van der Waals surface area contributed by atoms with Crippen LogP contribution in [0.15, 0.2) is 26.8 Å². The smallest absolute Gasteiger partial charge is 0.338 e. The molecule has 0 amide bonds. The van der Waals surface area contributed by atoms with Gasteiger partial charge in [-0.15, -0.1) is 0 Å². The van der Waals surface area contributed by atoms with Crippen LogP contribution in [0, 0.1) is 11.7 Å². The fraction of sp³-hybridized carbons (Fsp3) is 0.111. The van der Waals surface area contributed by atoms with Crippen molar-refractivity contribution in [1.29, 1.82) is 0 Å². The van der Waals surface area contributed by atoms with E-state index in [0.717, 1.165) is 9.79 Å². The van der Waals surface area contributed by atoms with Gasteiger partial charge in [0, 0.05) is 18.0 Å². The minimum Gasteiger partial charge on any atom is -0.393 e. The number of nitrogen functional groups attached to an aromatic ring is 1. The maximum absolute atomic E-state index is 10.8. The molecule has 2 aromatic rings. The normalized spacial score (nSPS) is 9.58. The van der Waals surface area contributed by atoms with E-state index in [9.17, 15) is 14.4 Å². The van der Waals surface area contributed by atoms with Gasteiger partial charge >= 0.3 is 5.69 Å². The topological polar surface area (TPSA) is 130 Å². The molecule has 0 bridgehead atoms. The molecule has 0 aliphatic rings. The van der Waals surface area contributed by atoms with Crippen LogP contribution in [0.1, 0.15) is 5.56 Å². The Morgan fingerprint density at radius 3 is 2.37 bits per heavy atom. The van der Waals surface area contributed by atoms with E-state index < -0.39 is 11.2 Å². The molecule has 0 saturated carbocycles. The van der Waals surface area contributed by atoms with Gasteiger partial charge in [-0.1, -0.05) is 0 Å². The van der Waals surface area contributed by atoms with Gasteiger partial charge in [0.25, 0.3) is 11.1 Å². The lowest BCUT2D eigenvalue weighted by Crippen LogP contribution is -2.29. The van der Waals surface area contributed by atoms with E-state index in [1.807, 2.05) is 0 Å². The first kappa shape index (κ1) is 15.1. The molecule has 10 heteroatoms. The van der Waals surface area contributed by atoms with Crippen molar-refractivity contribution in [3.63, 3.8) is 0 Å². The zero-order valence-corrected chi connectivity index (χ0v) is 12.1. The van der Waals surface area contributed by atoms with Crippen LogP contribution in [0.5, 0.6) is 0 Å². The Labute approximate surface area is 119 Å². The monoisotopic (exact) mass is 347 g/mol. The maximum atomic E-state index is 10.8. The molecule has 0 radical (unpaired) electrons. The van der Waals surface area contributed by atoms with Gasteiger partial charge < -0.3 is 15.7 Å². The van der Waals surface area contributed by atoms with Crippen molar-refractivity contribution in [3.05, 3.63) is 53.9 Å². The minimum absolute atomic E-state index is 0.00326. The second kappa shape index (κ2) is 6.29. The second-order valence-electron chi connectivity index (χ2n) is 3.39. The molecule has 5 N–H and O–H groups in total. The second-order valence-corrected chi connectivity index (χ2v) is 4.51. The van der Waals surface area contributed by atoms with Crippen LogP contribution in [0.2, 0.25) is 0 Å². The number of aryl methyl sites for hydroxylation is 1. The molecule has 2 heterocycles. The summed E-state index contributed by atoms with van der Waals surface area (Å²) in [5.41, 5.74) is 4.57. The van der Waals surface area contributed by atoms with Crippen molar-refractivity contribution < 1.29 is 0 Å². The van der Waals surface area contributed by atoms with Gasteiger partial charge in [0.05, 0.1) is 16.1 Å². The lowest BCUT2D eigenvalue weighted by molar-refractivity contribution is 1.00. The fourth-order valence-electron chi connectivity index (χ4n) is 0.941. The van der Waals surface area contributed by atoms with Crippen LogP contribution in [0.4, 0.5) is 5.69 Å². The molecule has 0 aromatic carbocycles. The third-order valence-corrected chi connectivity index (χ3v) is 2.82. The Bertz CT molecular complexity index is 803. The summed E-state index contributed by atoms with van der Waals surface area (Å²) < 4.78 is 1.09. The van der Waals surface area contributed by atoms with E-state index >= 15 is 0 Å². The highest BCUT2D eigenvalue weighted by Crippen LogP contribution is 1.84. The number of rotatable bonds is 0. The number of anilines is 1. The SMILES string of the molecule is Cc1c[nH]c(=S)[nH]c1=O.Nc1c[nH]c(=O)n(Br)c1=O. The van der Waals surface area contributed by atoms with Crippen molar-refractivity contribution in [2.45, 2.75) is 6.92 Å². The number of aromatic amines is 3. The number of aromatic nitrogens is 4. The number of halogens is 1. The van der Waals surface area contributed by atoms with Crippen LogP contribution in [0.3, 0.4) is 0 Å². The van der Waals surface area contributed by atoms with Gasteiger partial charge in [-0.3, -0.25) is 14.6 Å². The van der Waals surface area contributed by atoms with Crippen LogP contribution in [0.25, 0.3) is 0 Å². The highest BCUT2D eigenvalue weighted by Gasteiger charge is 1.98. The van der Waals surface area contributed by atoms with Crippen molar-refractivity contribution in [2.75, 3.05) is 5.73 Å². The molecule has 0 atom stereocenters. The molecule has 0 aliphatic heterocycles. The molecule has 2 rings (SSSR count). The van der Waals surface area contributed by atoms with E-state index in [-0.39, 0.29) is 11.2 Å². The number of hydrogen-bond acceptors (Lipinski definition) is 5. The molecule has 19 heavy (non-hydrogen) atoms. The van der Waals surface area contributed by atoms with Gasteiger partial charge in [0.2, 0.25) is 0 Å². The summed E-state index contributed by atoms with van der Waals surface area (Å²) in [6.45, 7) is 1.71. The summed E-state index contributed by atoms with van der Waals surface area (Å²) in [6.07, 6.45) is 2.74. The highest BCUT2D eigenvalue weighted by molar-refractivity contribution is 9.08. The molecular formula is C9H10BrN5O3S. The molecule has 0 fully saturated rings. The predicted molar refractivity (Wildman–Crippen MR) is 77.0 cm³/mol. The number of hydrogen-bond donors (Lipinski definition) is 4. The fourth-order valence-corrected chi connectivity index (χ4v) is 1.40. The largest absolute Gasteiger partial charge is 0.393 e. The zero-order chi connectivity index (χ0) is 14.6. The summed E-state index contributed by atoms with van der Waals surface area (Å²) >= 11 is 7.36. The highest BCUT2D eigenvalue weighted by atomic mass is 79.9. The predicted octanol–water partition coefficient (Wildman–Crippen LogP) is 0.0177. The number of nitrogens with one attached hydrogen (secondary N) is 3. The molecule has 102 valence electrons. The molecule has 0 unspecified atom stereocenters. The first-order valence-electron chi connectivity index (χ1n) is 4.88. The average molecular weight is 348 g/mol. The Hall–Kier alpha value is -1.94. The van der Waals surface area contributed by atoms with Crippen LogP contribution >= 0.6 is 28.4 Å². The van der Waals surface area contributed by atoms with Crippen LogP contribution in [-0.2, 0) is 0 Å². The Balaban J connectivity index is 0.000000191. The molecule has 0 spiro atoms. The average Bonchev–Trinajstić information content (AvgIpc) is 2.37. The summed E-state index contributed by atoms with van der Waals surface area (Å²) in [5, 5.41) is 0. The third kappa shape index (κ3) is 4.03. The summed E-state index contributed by atoms with van der Waals surface area (Å²) in [6, 6.07) is 0. The van der Waals surface area contributed by atoms with Gasteiger partial charge in [-0.05, 0) is 19.1 Å². The molecule has 8 nitrogen and oxygen atoms in total. The van der Waals surface area contributed by atoms with Gasteiger partial charge in [0.15, 0.2) is 4.77 Å². The van der Waals surface area contributed by atoms with Crippen molar-refractivity contribution in [3.8, 4) is 0 Å². The van der Waals surface area contributed by atoms with E-state index in [1.165, 1.54) is 0 Å². The van der Waals surface area contributed by atoms with Gasteiger partial charge in [-0.25, -0.2) is 4.79 Å². The zero-order valence-electron chi connectivity index (χ0n) is 9.69. The van der Waals surface area contributed by atoms with E-state index in [2.05, 4.69) is 43.3 Å². The van der Waals surface area contributed by atoms with Gasteiger partial charge in [-0.2, -0.15) is 3.59 Å². The summed E-state index contributed by atoms with van der Waals surface area (Å²) in [4.78, 5) is 39.4. The van der Waals surface area contributed by atoms with Crippen molar-refractivity contribution in [2.24, 2.45) is 0 Å². The van der Waals surface area contributed by atoms with Gasteiger partial charge in [0.1, 0.15) is 5.69 Å². The summed E-state index contributed by atoms with van der Waals surface area (Å²) in [5.74, 6) is 0. The Kier molecular flexibility index (Phi) is 5.01. The third-order valence-electron chi connectivity index (χ3n) is 1.96. The quantitative estimate of drug-likeness (QED) is 0.499. The van der Waals surface area contributed by atoms with E-state index in [0.29, 0.717) is 10.3 Å². The lowest BCUT2D eigenvalue weighted by atomic mass is 10.4. The molecule has 0 aliphatic carbocycles. The van der Waals surface area contributed by atoms with Crippen LogP contribution in [-0.4, -0.2) is 18.5 Å².